The summed E-state index contributed by atoms with van der Waals surface area (Å²) in [5, 5.41) is 9.56. The molecule has 2 rings (SSSR count). The number of pyridine rings is 2. The summed E-state index contributed by atoms with van der Waals surface area (Å²) in [5.74, 6) is 0.0676. The summed E-state index contributed by atoms with van der Waals surface area (Å²) in [6, 6.07) is 6.74. The van der Waals surface area contributed by atoms with E-state index in [-0.39, 0.29) is 25.6 Å². The lowest BCUT2D eigenvalue weighted by Crippen LogP contribution is -2.39. The van der Waals surface area contributed by atoms with E-state index in [0.29, 0.717) is 16.9 Å². The van der Waals surface area contributed by atoms with Crippen molar-refractivity contribution >= 4 is 29.8 Å². The highest BCUT2D eigenvalue weighted by molar-refractivity contribution is 5.87. The first-order valence-electron chi connectivity index (χ1n) is 11.6. The Balaban J connectivity index is 2.01. The van der Waals surface area contributed by atoms with Gasteiger partial charge >= 0.3 is 18.2 Å². The third-order valence-corrected chi connectivity index (χ3v) is 5.11. The smallest absolute Gasteiger partial charge is 0.417 e. The molecule has 2 heterocycles. The fourth-order valence-corrected chi connectivity index (χ4v) is 3.08. The zero-order valence-corrected chi connectivity index (χ0v) is 22.3. The molecular formula is C25H35N5O7. The molecule has 0 saturated carbocycles. The lowest BCUT2D eigenvalue weighted by Gasteiger charge is -2.29. The first-order chi connectivity index (χ1) is 17.3. The van der Waals surface area contributed by atoms with Crippen LogP contribution in [-0.4, -0.2) is 77.6 Å². The molecule has 2 aromatic rings. The maximum absolute atomic E-state index is 12.9. The van der Waals surface area contributed by atoms with Crippen molar-refractivity contribution in [3.8, 4) is 0 Å². The Labute approximate surface area is 216 Å². The maximum atomic E-state index is 12.9. The predicted molar refractivity (Wildman–Crippen MR) is 136 cm³/mol. The molecule has 1 atom stereocenters. The van der Waals surface area contributed by atoms with E-state index < -0.39 is 30.0 Å². The number of aliphatic hydroxyl groups excluding tert-OH is 1. The molecule has 0 bridgehead atoms. The number of anilines is 2. The van der Waals surface area contributed by atoms with E-state index in [0.717, 1.165) is 4.90 Å². The lowest BCUT2D eigenvalue weighted by atomic mass is 10.2. The summed E-state index contributed by atoms with van der Waals surface area (Å²) < 4.78 is 16.1. The normalized spacial score (nSPS) is 11.8. The van der Waals surface area contributed by atoms with Crippen LogP contribution in [0.4, 0.5) is 21.2 Å². The average Bonchev–Trinajstić information content (AvgIpc) is 2.85. The van der Waals surface area contributed by atoms with E-state index in [4.69, 9.17) is 14.2 Å². The largest absolute Gasteiger partial charge is 0.459 e. The van der Waals surface area contributed by atoms with Crippen molar-refractivity contribution < 1.29 is 33.7 Å². The number of amides is 2. The number of esters is 1. The first kappa shape index (κ1) is 29.3. The summed E-state index contributed by atoms with van der Waals surface area (Å²) in [4.78, 5) is 49.6. The van der Waals surface area contributed by atoms with Gasteiger partial charge < -0.3 is 29.1 Å². The Morgan fingerprint density at radius 3 is 2.16 bits per heavy atom. The van der Waals surface area contributed by atoms with Crippen molar-refractivity contribution in [2.45, 2.75) is 52.7 Å². The van der Waals surface area contributed by atoms with Crippen molar-refractivity contribution in [1.29, 1.82) is 0 Å². The van der Waals surface area contributed by atoms with E-state index >= 15 is 0 Å². The van der Waals surface area contributed by atoms with Crippen LogP contribution in [-0.2, 0) is 32.2 Å². The molecular weight excluding hydrogens is 482 g/mol. The van der Waals surface area contributed by atoms with E-state index in [9.17, 15) is 19.5 Å². The van der Waals surface area contributed by atoms with Gasteiger partial charge in [0.1, 0.15) is 30.4 Å². The summed E-state index contributed by atoms with van der Waals surface area (Å²) in [6.45, 7) is 6.16. The van der Waals surface area contributed by atoms with Gasteiger partial charge in [-0.25, -0.2) is 19.6 Å². The van der Waals surface area contributed by atoms with Gasteiger partial charge in [0.15, 0.2) is 6.23 Å². The van der Waals surface area contributed by atoms with Gasteiger partial charge in [-0.1, -0.05) is 12.1 Å². The third-order valence-electron chi connectivity index (χ3n) is 5.11. The number of rotatable bonds is 9. The van der Waals surface area contributed by atoms with Crippen LogP contribution in [0, 0.1) is 0 Å². The highest BCUT2D eigenvalue weighted by atomic mass is 16.6. The van der Waals surface area contributed by atoms with E-state index in [2.05, 4.69) is 9.97 Å². The molecule has 12 nitrogen and oxygen atoms in total. The molecule has 202 valence electrons. The van der Waals surface area contributed by atoms with Crippen molar-refractivity contribution in [1.82, 2.24) is 14.9 Å². The highest BCUT2D eigenvalue weighted by Crippen LogP contribution is 2.21. The van der Waals surface area contributed by atoms with E-state index in [1.807, 2.05) is 0 Å². The SMILES string of the molecule is CC(OC(=O)N(C)c1ncccc1COC(=O)CN(C)C(=O)OC(C)(C)C)N(C)c1ncccc1CO. The standard InChI is InChI=1S/C25H35N5O7/c1-17(29(6)21-18(15-31)10-8-12-26-21)36-24(34)30(7)22-19(11-9-13-27-22)16-35-20(32)14-28(5)23(33)37-25(2,3)4/h8-13,17,31H,14-16H2,1-7H3. The zero-order chi connectivity index (χ0) is 27.8. The van der Waals surface area contributed by atoms with Crippen LogP contribution in [0.5, 0.6) is 0 Å². The number of likely N-dealkylation sites (N-methyl/N-ethyl adjacent to an activating group) is 1. The molecule has 0 aliphatic carbocycles. The Bertz CT molecular complexity index is 1090. The molecule has 0 radical (unpaired) electrons. The lowest BCUT2D eigenvalue weighted by molar-refractivity contribution is -0.145. The molecule has 1 N–H and O–H groups in total. The molecule has 12 heteroatoms. The second kappa shape index (κ2) is 12.9. The first-order valence-corrected chi connectivity index (χ1v) is 11.6. The van der Waals surface area contributed by atoms with Gasteiger partial charge in [-0.05, 0) is 39.8 Å². The van der Waals surface area contributed by atoms with Crippen LogP contribution < -0.4 is 9.80 Å². The fraction of sp³-hybridized carbons (Fsp3) is 0.480. The molecule has 0 saturated heterocycles. The Hall–Kier alpha value is -3.93. The second-order valence-electron chi connectivity index (χ2n) is 9.28. The highest BCUT2D eigenvalue weighted by Gasteiger charge is 2.24. The van der Waals surface area contributed by atoms with Gasteiger partial charge in [0, 0.05) is 44.7 Å². The molecule has 1 unspecified atom stereocenters. The Kier molecular flexibility index (Phi) is 10.2. The quantitative estimate of drug-likeness (QED) is 0.300. The van der Waals surface area contributed by atoms with Crippen LogP contribution in [0.15, 0.2) is 36.7 Å². The average molecular weight is 518 g/mol. The van der Waals surface area contributed by atoms with Crippen molar-refractivity contribution in [2.75, 3.05) is 37.5 Å². The minimum Gasteiger partial charge on any atom is -0.459 e. The summed E-state index contributed by atoms with van der Waals surface area (Å²) >= 11 is 0. The molecule has 0 aliphatic rings. The Morgan fingerprint density at radius 1 is 0.973 bits per heavy atom. The number of hydrogen-bond acceptors (Lipinski definition) is 10. The molecule has 0 aliphatic heterocycles. The minimum absolute atomic E-state index is 0.176. The van der Waals surface area contributed by atoms with Crippen LogP contribution in [0.2, 0.25) is 0 Å². The van der Waals surface area contributed by atoms with Crippen LogP contribution in [0.3, 0.4) is 0 Å². The van der Waals surface area contributed by atoms with Gasteiger partial charge in [0.25, 0.3) is 0 Å². The maximum Gasteiger partial charge on any atom is 0.417 e. The van der Waals surface area contributed by atoms with Crippen LogP contribution in [0.25, 0.3) is 0 Å². The van der Waals surface area contributed by atoms with Crippen molar-refractivity contribution in [2.24, 2.45) is 0 Å². The van der Waals surface area contributed by atoms with Gasteiger partial charge in [0.2, 0.25) is 0 Å². The van der Waals surface area contributed by atoms with Crippen LogP contribution in [0.1, 0.15) is 38.8 Å². The fourth-order valence-electron chi connectivity index (χ4n) is 3.08. The molecule has 0 aromatic carbocycles. The van der Waals surface area contributed by atoms with Crippen molar-refractivity contribution in [3.63, 3.8) is 0 Å². The number of aliphatic hydroxyl groups is 1. The summed E-state index contributed by atoms with van der Waals surface area (Å²) in [6.07, 6.45) is 1.01. The molecule has 0 fully saturated rings. The predicted octanol–water partition coefficient (Wildman–Crippen LogP) is 2.93. The van der Waals surface area contributed by atoms with Gasteiger partial charge in [-0.3, -0.25) is 9.69 Å². The van der Waals surface area contributed by atoms with Gasteiger partial charge in [-0.2, -0.15) is 0 Å². The number of ether oxygens (including phenoxy) is 3. The van der Waals surface area contributed by atoms with Gasteiger partial charge in [0.05, 0.1) is 6.61 Å². The summed E-state index contributed by atoms with van der Waals surface area (Å²) in [7, 11) is 4.61. The van der Waals surface area contributed by atoms with E-state index in [1.165, 1.54) is 25.2 Å². The Morgan fingerprint density at radius 2 is 1.57 bits per heavy atom. The third kappa shape index (κ3) is 8.60. The minimum atomic E-state index is -0.719. The monoisotopic (exact) mass is 517 g/mol. The van der Waals surface area contributed by atoms with Crippen molar-refractivity contribution in [3.05, 3.63) is 47.8 Å². The number of carbonyl (C=O) groups excluding carboxylic acids is 3. The van der Waals surface area contributed by atoms with E-state index in [1.54, 1.807) is 70.1 Å². The molecule has 2 aromatic heterocycles. The number of aromatic nitrogens is 2. The second-order valence-corrected chi connectivity index (χ2v) is 9.28. The number of hydrogen-bond donors (Lipinski definition) is 1. The zero-order valence-electron chi connectivity index (χ0n) is 22.3. The number of carbonyl (C=O) groups is 3. The molecule has 37 heavy (non-hydrogen) atoms. The summed E-state index contributed by atoms with van der Waals surface area (Å²) in [5.41, 5.74) is 0.361. The number of nitrogens with zero attached hydrogens (tertiary/aromatic N) is 5. The van der Waals surface area contributed by atoms with Crippen LogP contribution >= 0.6 is 0 Å². The molecule has 0 spiro atoms. The van der Waals surface area contributed by atoms with Gasteiger partial charge in [-0.15, -0.1) is 0 Å². The topological polar surface area (TPSA) is 135 Å². The molecule has 2 amide bonds.